The molecule has 0 saturated heterocycles. The molecule has 70 valence electrons. The van der Waals surface area contributed by atoms with Crippen molar-refractivity contribution in [2.75, 3.05) is 7.11 Å². The average molecular weight is 198 g/mol. The lowest BCUT2D eigenvalue weighted by Gasteiger charge is -2.03. The summed E-state index contributed by atoms with van der Waals surface area (Å²) >= 11 is 5.94. The zero-order valence-corrected chi connectivity index (χ0v) is 8.27. The van der Waals surface area contributed by atoms with Crippen LogP contribution in [-0.4, -0.2) is 13.0 Å². The van der Waals surface area contributed by atoms with E-state index >= 15 is 0 Å². The highest BCUT2D eigenvalue weighted by atomic mass is 35.5. The van der Waals surface area contributed by atoms with Crippen molar-refractivity contribution >= 4 is 17.5 Å². The molecule has 1 aromatic rings. The number of benzene rings is 1. The van der Waals surface area contributed by atoms with Crippen LogP contribution < -0.4 is 0 Å². The number of rotatable bonds is 3. The molecule has 0 atom stereocenters. The SMILES string of the molecule is COC(=N)CCc1ccccc1Cl. The Morgan fingerprint density at radius 2 is 2.15 bits per heavy atom. The number of aryl methyl sites for hydroxylation is 1. The summed E-state index contributed by atoms with van der Waals surface area (Å²) in [6.45, 7) is 0. The van der Waals surface area contributed by atoms with Crippen LogP contribution in [0.2, 0.25) is 5.02 Å². The largest absolute Gasteiger partial charge is 0.484 e. The molecule has 1 N–H and O–H groups in total. The van der Waals surface area contributed by atoms with Crippen LogP contribution in [0.15, 0.2) is 24.3 Å². The van der Waals surface area contributed by atoms with Crippen LogP contribution >= 0.6 is 11.6 Å². The molecule has 0 unspecified atom stereocenters. The highest BCUT2D eigenvalue weighted by molar-refractivity contribution is 6.31. The fourth-order valence-electron chi connectivity index (χ4n) is 1.05. The van der Waals surface area contributed by atoms with Gasteiger partial charge in [-0.3, -0.25) is 5.41 Å². The minimum absolute atomic E-state index is 0.292. The van der Waals surface area contributed by atoms with Crippen molar-refractivity contribution in [1.29, 1.82) is 5.41 Å². The monoisotopic (exact) mass is 197 g/mol. The van der Waals surface area contributed by atoms with E-state index in [0.717, 1.165) is 17.0 Å². The van der Waals surface area contributed by atoms with Gasteiger partial charge < -0.3 is 4.74 Å². The molecule has 0 amide bonds. The minimum atomic E-state index is 0.292. The molecule has 0 fully saturated rings. The summed E-state index contributed by atoms with van der Waals surface area (Å²) in [4.78, 5) is 0. The van der Waals surface area contributed by atoms with E-state index in [-0.39, 0.29) is 0 Å². The van der Waals surface area contributed by atoms with E-state index in [4.69, 9.17) is 21.7 Å². The fourth-order valence-corrected chi connectivity index (χ4v) is 1.28. The van der Waals surface area contributed by atoms with Gasteiger partial charge in [0, 0.05) is 11.4 Å². The standard InChI is InChI=1S/C10H12ClNO/c1-13-10(12)7-6-8-4-2-3-5-9(8)11/h2-5,12H,6-7H2,1H3. The average Bonchev–Trinajstić information content (AvgIpc) is 2.16. The van der Waals surface area contributed by atoms with Crippen LogP contribution in [0.1, 0.15) is 12.0 Å². The Balaban J connectivity index is 2.54. The fraction of sp³-hybridized carbons (Fsp3) is 0.300. The van der Waals surface area contributed by atoms with Crippen LogP contribution in [0.25, 0.3) is 0 Å². The second-order valence-corrected chi connectivity index (χ2v) is 3.13. The number of ether oxygens (including phenoxy) is 1. The van der Waals surface area contributed by atoms with Crippen molar-refractivity contribution in [2.24, 2.45) is 0 Å². The topological polar surface area (TPSA) is 33.1 Å². The Morgan fingerprint density at radius 3 is 2.77 bits per heavy atom. The zero-order valence-electron chi connectivity index (χ0n) is 7.51. The molecule has 0 radical (unpaired) electrons. The third-order valence-corrected chi connectivity index (χ3v) is 2.19. The molecule has 1 aromatic carbocycles. The summed E-state index contributed by atoms with van der Waals surface area (Å²) in [5.74, 6) is 0.292. The third kappa shape index (κ3) is 3.07. The molecule has 0 aliphatic carbocycles. The predicted octanol–water partition coefficient (Wildman–Crippen LogP) is 2.90. The Labute approximate surface area is 83.0 Å². The van der Waals surface area contributed by atoms with E-state index in [9.17, 15) is 0 Å². The molecular formula is C10H12ClNO. The van der Waals surface area contributed by atoms with Crippen LogP contribution in [0.5, 0.6) is 0 Å². The van der Waals surface area contributed by atoms with Gasteiger partial charge in [0.15, 0.2) is 5.90 Å². The molecule has 0 saturated carbocycles. The van der Waals surface area contributed by atoms with E-state index in [2.05, 4.69) is 0 Å². The van der Waals surface area contributed by atoms with Crippen LogP contribution in [0.4, 0.5) is 0 Å². The maximum atomic E-state index is 7.29. The van der Waals surface area contributed by atoms with Gasteiger partial charge in [-0.15, -0.1) is 0 Å². The first-order valence-corrected chi connectivity index (χ1v) is 4.46. The van der Waals surface area contributed by atoms with Crippen molar-refractivity contribution in [2.45, 2.75) is 12.8 Å². The summed E-state index contributed by atoms with van der Waals surface area (Å²) in [5.41, 5.74) is 1.06. The second-order valence-electron chi connectivity index (χ2n) is 2.72. The number of nitrogens with one attached hydrogen (secondary N) is 1. The Hall–Kier alpha value is -1.02. The van der Waals surface area contributed by atoms with Crippen molar-refractivity contribution in [3.63, 3.8) is 0 Å². The van der Waals surface area contributed by atoms with E-state index in [1.807, 2.05) is 24.3 Å². The van der Waals surface area contributed by atoms with Gasteiger partial charge in [-0.2, -0.15) is 0 Å². The van der Waals surface area contributed by atoms with Crippen molar-refractivity contribution in [1.82, 2.24) is 0 Å². The predicted molar refractivity (Wildman–Crippen MR) is 54.5 cm³/mol. The smallest absolute Gasteiger partial charge is 0.180 e. The lowest BCUT2D eigenvalue weighted by Crippen LogP contribution is -2.01. The van der Waals surface area contributed by atoms with Gasteiger partial charge in [-0.25, -0.2) is 0 Å². The van der Waals surface area contributed by atoms with Gasteiger partial charge in [0.05, 0.1) is 7.11 Å². The summed E-state index contributed by atoms with van der Waals surface area (Å²) in [7, 11) is 1.51. The Bertz CT molecular complexity index is 299. The molecule has 0 spiro atoms. The zero-order chi connectivity index (χ0) is 9.68. The molecule has 2 nitrogen and oxygen atoms in total. The van der Waals surface area contributed by atoms with Crippen molar-refractivity contribution < 1.29 is 4.74 Å². The van der Waals surface area contributed by atoms with Gasteiger partial charge in [0.25, 0.3) is 0 Å². The quantitative estimate of drug-likeness (QED) is 0.587. The second kappa shape index (κ2) is 4.87. The van der Waals surface area contributed by atoms with Crippen LogP contribution in [-0.2, 0) is 11.2 Å². The number of hydrogen-bond acceptors (Lipinski definition) is 2. The van der Waals surface area contributed by atoms with Gasteiger partial charge in [0.2, 0.25) is 0 Å². The molecule has 0 aromatic heterocycles. The van der Waals surface area contributed by atoms with Gasteiger partial charge in [-0.1, -0.05) is 29.8 Å². The third-order valence-electron chi connectivity index (χ3n) is 1.83. The summed E-state index contributed by atoms with van der Waals surface area (Å²) in [6.07, 6.45) is 1.35. The van der Waals surface area contributed by atoms with Crippen LogP contribution in [0, 0.1) is 5.41 Å². The summed E-state index contributed by atoms with van der Waals surface area (Å²) in [6, 6.07) is 7.66. The maximum Gasteiger partial charge on any atom is 0.180 e. The molecule has 0 aliphatic rings. The van der Waals surface area contributed by atoms with Gasteiger partial charge in [-0.05, 0) is 18.1 Å². The molecule has 13 heavy (non-hydrogen) atoms. The van der Waals surface area contributed by atoms with E-state index in [1.165, 1.54) is 7.11 Å². The molecule has 0 bridgehead atoms. The maximum absolute atomic E-state index is 7.29. The van der Waals surface area contributed by atoms with E-state index in [1.54, 1.807) is 0 Å². The lowest BCUT2D eigenvalue weighted by atomic mass is 10.1. The Morgan fingerprint density at radius 1 is 1.46 bits per heavy atom. The van der Waals surface area contributed by atoms with Crippen molar-refractivity contribution in [3.05, 3.63) is 34.9 Å². The summed E-state index contributed by atoms with van der Waals surface area (Å²) < 4.78 is 4.75. The van der Waals surface area contributed by atoms with Gasteiger partial charge in [0.1, 0.15) is 0 Å². The van der Waals surface area contributed by atoms with Crippen LogP contribution in [0.3, 0.4) is 0 Å². The van der Waals surface area contributed by atoms with Gasteiger partial charge >= 0.3 is 0 Å². The first kappa shape index (κ1) is 10.1. The lowest BCUT2D eigenvalue weighted by molar-refractivity contribution is 0.386. The first-order valence-electron chi connectivity index (χ1n) is 4.09. The molecule has 3 heteroatoms. The number of methoxy groups -OCH3 is 1. The molecule has 0 heterocycles. The van der Waals surface area contributed by atoms with E-state index < -0.39 is 0 Å². The highest BCUT2D eigenvalue weighted by Crippen LogP contribution is 2.16. The summed E-state index contributed by atoms with van der Waals surface area (Å²) in [5, 5.41) is 8.05. The van der Waals surface area contributed by atoms with E-state index in [0.29, 0.717) is 12.3 Å². The number of hydrogen-bond donors (Lipinski definition) is 1. The molecular weight excluding hydrogens is 186 g/mol. The highest BCUT2D eigenvalue weighted by Gasteiger charge is 2.00. The molecule has 1 rings (SSSR count). The normalized spacial score (nSPS) is 9.69. The Kier molecular flexibility index (Phi) is 3.77. The minimum Gasteiger partial charge on any atom is -0.484 e. The first-order chi connectivity index (χ1) is 6.24. The van der Waals surface area contributed by atoms with Crippen molar-refractivity contribution in [3.8, 4) is 0 Å². The molecule has 0 aliphatic heterocycles. The number of halogens is 1.